The molecule has 204 valence electrons. The fourth-order valence-corrected chi connectivity index (χ4v) is 9.11. The topological polar surface area (TPSA) is 124 Å². The summed E-state index contributed by atoms with van der Waals surface area (Å²) in [7, 11) is -12.2. The van der Waals surface area contributed by atoms with Crippen molar-refractivity contribution in [2.45, 2.75) is 23.2 Å². The van der Waals surface area contributed by atoms with E-state index in [0.29, 0.717) is 0 Å². The van der Waals surface area contributed by atoms with Gasteiger partial charge in [0, 0.05) is 0 Å². The Morgan fingerprint density at radius 2 is 0.892 bits per heavy atom. The van der Waals surface area contributed by atoms with Crippen LogP contribution >= 0.6 is 0 Å². The summed E-state index contributed by atoms with van der Waals surface area (Å²) in [5.41, 5.74) is -11.3. The molecule has 0 saturated heterocycles. The Morgan fingerprint density at radius 3 is 1.14 bits per heavy atom. The number of ether oxygens (including phenoxy) is 1. The molecule has 2 aliphatic rings. The van der Waals surface area contributed by atoms with Gasteiger partial charge in [0.1, 0.15) is 12.2 Å². The molecular weight excluding hydrogens is 784 g/mol. The Morgan fingerprint density at radius 1 is 0.622 bits per heavy atom. The summed E-state index contributed by atoms with van der Waals surface area (Å²) in [6.07, 6.45) is 5.03. The highest BCUT2D eigenvalue weighted by molar-refractivity contribution is 7.86. The molecule has 0 aromatic heterocycles. The highest BCUT2D eigenvalue weighted by Gasteiger charge is 2.51. The van der Waals surface area contributed by atoms with Gasteiger partial charge in [0.25, 0.3) is 7.16 Å². The molecule has 0 fully saturated rings. The van der Waals surface area contributed by atoms with E-state index in [2.05, 4.69) is 72.8 Å². The minimum atomic E-state index is -6.09. The van der Waals surface area contributed by atoms with E-state index in [9.17, 15) is 26.3 Å². The fraction of sp³-hybridized carbons (Fsp3) is 0.200. The van der Waals surface area contributed by atoms with Crippen LogP contribution in [0, 0.1) is 7.14 Å². The minimum Gasteiger partial charge on any atom is -0.741 e. The third kappa shape index (κ3) is 9.77. The molecule has 2 aromatic rings. The molecule has 0 spiro atoms. The van der Waals surface area contributed by atoms with Crippen LogP contribution in [-0.2, 0) is 25.0 Å². The number of hydrogen-bond donors (Lipinski definition) is 0. The quantitative estimate of drug-likeness (QED) is 0.111. The average Bonchev–Trinajstić information content (AvgIpc) is 3.36. The van der Waals surface area contributed by atoms with Crippen LogP contribution in [0.2, 0.25) is 0 Å². The third-order valence-electron chi connectivity index (χ3n) is 3.94. The van der Waals surface area contributed by atoms with Gasteiger partial charge in [0.2, 0.25) is 0 Å². The SMILES string of the molecule is C1=C[C@H]2O[C@@H]1C([I+]c1ccccc1)=C2[I+]c1ccccc1.O=S(=O)([O-])C(F)(F)F.O=S(=O)([O-])C(F)(F)F. The molecule has 7 nitrogen and oxygen atoms in total. The number of alkyl halides is 6. The van der Waals surface area contributed by atoms with E-state index in [1.807, 2.05) is 0 Å². The van der Waals surface area contributed by atoms with E-state index < -0.39 is 31.3 Å². The second-order valence-corrected chi connectivity index (χ2v) is 15.3. The maximum absolute atomic E-state index is 10.7. The Hall–Kier alpha value is -1.26. The predicted octanol–water partition coefficient (Wildman–Crippen LogP) is -2.44. The third-order valence-corrected chi connectivity index (χ3v) is 12.3. The van der Waals surface area contributed by atoms with Crippen LogP contribution in [0.3, 0.4) is 0 Å². The standard InChI is InChI=1S/C18H14I2O.2CHF3O3S/c1-3-7-13(8-4-1)19-17-15-11-12-16(21-15)18(17)20-14-9-5-2-6-10-14;2*2-1(3,4)8(5,6)7/h1-12,15-16H;2*(H,5,6,7)/q+2;;/p-2/t15-,16+;;. The maximum Gasteiger partial charge on any atom is 0.485 e. The fourth-order valence-electron chi connectivity index (χ4n) is 2.40. The lowest BCUT2D eigenvalue weighted by atomic mass is 10.2. The number of rotatable bonds is 4. The first kappa shape index (κ1) is 32.0. The Bertz CT molecular complexity index is 1230. The van der Waals surface area contributed by atoms with Crippen molar-refractivity contribution in [3.8, 4) is 0 Å². The molecule has 0 saturated carbocycles. The number of hydrogen-bond acceptors (Lipinski definition) is 7. The zero-order valence-corrected chi connectivity index (χ0v) is 23.7. The Balaban J connectivity index is 0.000000251. The van der Waals surface area contributed by atoms with E-state index in [-0.39, 0.29) is 54.6 Å². The lowest BCUT2D eigenvalue weighted by molar-refractivity contribution is -0.619. The van der Waals surface area contributed by atoms with Gasteiger partial charge < -0.3 is 13.8 Å². The predicted molar refractivity (Wildman–Crippen MR) is 107 cm³/mol. The van der Waals surface area contributed by atoms with Gasteiger partial charge in [-0.15, -0.1) is 0 Å². The summed E-state index contributed by atoms with van der Waals surface area (Å²) in [6.45, 7) is 0. The van der Waals surface area contributed by atoms with E-state index in [4.69, 9.17) is 30.7 Å². The molecular formula is C20H14F6I2O7S2. The molecule has 0 N–H and O–H groups in total. The minimum absolute atomic E-state index is 0.101. The van der Waals surface area contributed by atoms with Gasteiger partial charge in [-0.1, -0.05) is 36.4 Å². The smallest absolute Gasteiger partial charge is 0.485 e. The largest absolute Gasteiger partial charge is 0.741 e. The molecule has 2 aliphatic heterocycles. The summed E-state index contributed by atoms with van der Waals surface area (Å²) in [5.74, 6) is 0. The number of benzene rings is 2. The lowest BCUT2D eigenvalue weighted by Crippen LogP contribution is -3.66. The molecule has 2 heterocycles. The van der Waals surface area contributed by atoms with Crippen LogP contribution in [0.5, 0.6) is 0 Å². The monoisotopic (exact) mass is 798 g/mol. The molecule has 0 radical (unpaired) electrons. The van der Waals surface area contributed by atoms with Crippen LogP contribution in [0.25, 0.3) is 0 Å². The summed E-state index contributed by atoms with van der Waals surface area (Å²) < 4.78 is 130. The van der Waals surface area contributed by atoms with Gasteiger partial charge >= 0.3 is 53.4 Å². The van der Waals surface area contributed by atoms with E-state index in [1.165, 1.54) is 7.14 Å². The van der Waals surface area contributed by atoms with E-state index in [0.717, 1.165) is 0 Å². The van der Waals surface area contributed by atoms with Gasteiger partial charge in [-0.2, -0.15) is 26.3 Å². The van der Waals surface area contributed by atoms with E-state index in [1.54, 1.807) is 7.16 Å². The first-order valence-corrected chi connectivity index (χ1v) is 16.5. The highest BCUT2D eigenvalue weighted by atomic mass is 127. The number of halogens is 8. The Labute approximate surface area is 228 Å². The van der Waals surface area contributed by atoms with Crippen molar-refractivity contribution < 1.29 is 99.4 Å². The van der Waals surface area contributed by atoms with E-state index >= 15 is 0 Å². The molecule has 2 atom stereocenters. The van der Waals surface area contributed by atoms with Crippen molar-refractivity contribution in [3.63, 3.8) is 0 Å². The van der Waals surface area contributed by atoms with Crippen LogP contribution in [0.1, 0.15) is 0 Å². The summed E-state index contributed by atoms with van der Waals surface area (Å²) in [6, 6.07) is 21.8. The molecule has 17 heteroatoms. The molecule has 4 rings (SSSR count). The lowest BCUT2D eigenvalue weighted by Gasteiger charge is -2.08. The van der Waals surface area contributed by atoms with Crippen LogP contribution in [-0.4, -0.2) is 49.2 Å². The average molecular weight is 798 g/mol. The Kier molecular flexibility index (Phi) is 11.0. The zero-order valence-electron chi connectivity index (χ0n) is 17.8. The van der Waals surface area contributed by atoms with Crippen LogP contribution < -0.4 is 42.4 Å². The summed E-state index contributed by atoms with van der Waals surface area (Å²) in [4.78, 5) is 0. The first-order valence-electron chi connectivity index (χ1n) is 9.42. The van der Waals surface area contributed by atoms with Gasteiger partial charge in [-0.05, 0) is 36.4 Å². The van der Waals surface area contributed by atoms with Crippen molar-refractivity contribution in [1.29, 1.82) is 0 Å². The van der Waals surface area contributed by atoms with Gasteiger partial charge in [0.05, 0.1) is 0 Å². The van der Waals surface area contributed by atoms with Crippen molar-refractivity contribution in [3.05, 3.63) is 87.1 Å². The summed E-state index contributed by atoms with van der Waals surface area (Å²) >= 11 is -0.201. The van der Waals surface area contributed by atoms with Crippen molar-refractivity contribution in [1.82, 2.24) is 0 Å². The summed E-state index contributed by atoms with van der Waals surface area (Å²) in [5, 5.41) is 0. The van der Waals surface area contributed by atoms with Crippen molar-refractivity contribution in [2.24, 2.45) is 0 Å². The molecule has 0 unspecified atom stereocenters. The van der Waals surface area contributed by atoms with Crippen molar-refractivity contribution in [2.75, 3.05) is 0 Å². The number of fused-ring (bicyclic) bond motifs is 2. The van der Waals surface area contributed by atoms with Crippen LogP contribution in [0.15, 0.2) is 80.0 Å². The zero-order chi connectivity index (χ0) is 28.1. The molecule has 0 aliphatic carbocycles. The first-order chi connectivity index (χ1) is 16.9. The van der Waals surface area contributed by atoms with Gasteiger partial charge in [-0.3, -0.25) is 0 Å². The molecule has 0 amide bonds. The van der Waals surface area contributed by atoms with Gasteiger partial charge in [0.15, 0.2) is 27.4 Å². The second-order valence-electron chi connectivity index (χ2n) is 6.64. The molecule has 37 heavy (non-hydrogen) atoms. The second kappa shape index (κ2) is 12.7. The maximum atomic E-state index is 10.7. The molecule has 2 aromatic carbocycles. The highest BCUT2D eigenvalue weighted by Crippen LogP contribution is 2.25. The normalized spacial score (nSPS) is 19.1. The van der Waals surface area contributed by atoms with Crippen LogP contribution in [0.4, 0.5) is 26.3 Å². The van der Waals surface area contributed by atoms with Gasteiger partial charge in [-0.25, -0.2) is 16.8 Å². The van der Waals surface area contributed by atoms with Crippen molar-refractivity contribution >= 4 is 20.2 Å². The molecule has 2 bridgehead atoms.